The fourth-order valence-corrected chi connectivity index (χ4v) is 1.75. The van der Waals surface area contributed by atoms with Crippen LogP contribution >= 0.6 is 0 Å². The monoisotopic (exact) mass is 182 g/mol. The molecule has 0 aliphatic heterocycles. The summed E-state index contributed by atoms with van der Waals surface area (Å²) in [6, 6.07) is 0. The quantitative estimate of drug-likeness (QED) is 0.673. The summed E-state index contributed by atoms with van der Waals surface area (Å²) in [5.41, 5.74) is -0.197. The van der Waals surface area contributed by atoms with Gasteiger partial charge in [0.15, 0.2) is 5.78 Å². The number of ketones is 1. The van der Waals surface area contributed by atoms with E-state index in [-0.39, 0.29) is 23.0 Å². The van der Waals surface area contributed by atoms with E-state index >= 15 is 0 Å². The van der Waals surface area contributed by atoms with Crippen LogP contribution in [0.4, 0.5) is 0 Å². The van der Waals surface area contributed by atoms with Crippen molar-refractivity contribution < 1.29 is 14.7 Å². The predicted molar refractivity (Wildman–Crippen MR) is 48.2 cm³/mol. The van der Waals surface area contributed by atoms with E-state index < -0.39 is 5.97 Å². The lowest BCUT2D eigenvalue weighted by Gasteiger charge is -1.95. The summed E-state index contributed by atoms with van der Waals surface area (Å²) >= 11 is 0. The zero-order valence-electron chi connectivity index (χ0n) is 8.07. The second-order valence-corrected chi connectivity index (χ2v) is 4.13. The predicted octanol–water partition coefficient (Wildman–Crippen LogP) is 1.49. The van der Waals surface area contributed by atoms with Gasteiger partial charge < -0.3 is 5.11 Å². The number of carbonyl (C=O) groups excluding carboxylic acids is 1. The number of hydrogen-bond donors (Lipinski definition) is 1. The zero-order chi connectivity index (χ0) is 10.2. The molecule has 1 N–H and O–H groups in total. The van der Waals surface area contributed by atoms with Gasteiger partial charge in [-0.15, -0.1) is 0 Å². The summed E-state index contributed by atoms with van der Waals surface area (Å²) < 4.78 is 0. The van der Waals surface area contributed by atoms with Gasteiger partial charge in [-0.25, -0.2) is 0 Å². The van der Waals surface area contributed by atoms with Gasteiger partial charge in [0, 0.05) is 0 Å². The molecule has 0 unspecified atom stereocenters. The standard InChI is InChI=1S/C10H14O3/c1-6(11)4-5-7-8(9(12)13)10(7,2)3/h4-5,7-8H,1-3H3,(H,12,13)/t7-,8+/m1/s1. The minimum absolute atomic E-state index is 0.00824. The lowest BCUT2D eigenvalue weighted by molar-refractivity contribution is -0.139. The van der Waals surface area contributed by atoms with Crippen LogP contribution in [0.1, 0.15) is 20.8 Å². The molecule has 13 heavy (non-hydrogen) atoms. The highest BCUT2D eigenvalue weighted by molar-refractivity contribution is 5.87. The Balaban J connectivity index is 2.66. The van der Waals surface area contributed by atoms with Crippen molar-refractivity contribution in [3.05, 3.63) is 12.2 Å². The minimum atomic E-state index is -0.775. The second kappa shape index (κ2) is 2.98. The number of rotatable bonds is 3. The smallest absolute Gasteiger partial charge is 0.307 e. The van der Waals surface area contributed by atoms with Gasteiger partial charge in [-0.3, -0.25) is 9.59 Å². The highest BCUT2D eigenvalue weighted by Gasteiger charge is 2.60. The number of aliphatic carboxylic acids is 1. The third-order valence-electron chi connectivity index (χ3n) is 2.72. The van der Waals surface area contributed by atoms with Gasteiger partial charge in [-0.2, -0.15) is 0 Å². The van der Waals surface area contributed by atoms with Crippen LogP contribution in [0.3, 0.4) is 0 Å². The molecule has 2 atom stereocenters. The topological polar surface area (TPSA) is 54.4 Å². The first-order valence-electron chi connectivity index (χ1n) is 4.29. The van der Waals surface area contributed by atoms with Crippen LogP contribution in [0.2, 0.25) is 0 Å². The molecule has 0 heterocycles. The Morgan fingerprint density at radius 2 is 1.92 bits per heavy atom. The summed E-state index contributed by atoms with van der Waals surface area (Å²) in [5, 5.41) is 8.81. The van der Waals surface area contributed by atoms with E-state index in [1.807, 2.05) is 13.8 Å². The Morgan fingerprint density at radius 3 is 2.23 bits per heavy atom. The summed E-state index contributed by atoms with van der Waals surface area (Å²) in [4.78, 5) is 21.3. The Bertz CT molecular complexity index is 276. The second-order valence-electron chi connectivity index (χ2n) is 4.13. The first-order chi connectivity index (χ1) is 5.87. The number of carboxylic acid groups (broad SMARTS) is 1. The number of carbonyl (C=O) groups is 2. The van der Waals surface area contributed by atoms with Crippen LogP contribution in [-0.4, -0.2) is 16.9 Å². The van der Waals surface area contributed by atoms with Gasteiger partial charge in [-0.05, 0) is 24.3 Å². The molecular formula is C10H14O3. The fraction of sp³-hybridized carbons (Fsp3) is 0.600. The van der Waals surface area contributed by atoms with Gasteiger partial charge in [0.2, 0.25) is 0 Å². The number of allylic oxidation sites excluding steroid dienone is 2. The molecule has 0 aromatic heterocycles. The molecule has 1 saturated carbocycles. The summed E-state index contributed by atoms with van der Waals surface area (Å²) in [5.74, 6) is -1.13. The van der Waals surface area contributed by atoms with Crippen molar-refractivity contribution in [3.63, 3.8) is 0 Å². The number of carboxylic acids is 1. The SMILES string of the molecule is CC(=O)C=C[C@@H]1[C@@H](C(=O)O)C1(C)C. The normalized spacial score (nSPS) is 30.4. The third kappa shape index (κ3) is 1.79. The van der Waals surface area contributed by atoms with E-state index in [1.165, 1.54) is 13.0 Å². The first kappa shape index (κ1) is 9.96. The highest BCUT2D eigenvalue weighted by Crippen LogP contribution is 2.58. The fourth-order valence-electron chi connectivity index (χ4n) is 1.75. The maximum absolute atomic E-state index is 10.7. The average molecular weight is 182 g/mol. The van der Waals surface area contributed by atoms with E-state index in [1.54, 1.807) is 6.08 Å². The molecule has 0 saturated heterocycles. The summed E-state index contributed by atoms with van der Waals surface area (Å²) in [7, 11) is 0. The van der Waals surface area contributed by atoms with Gasteiger partial charge in [0.25, 0.3) is 0 Å². The Kier molecular flexibility index (Phi) is 2.28. The van der Waals surface area contributed by atoms with Crippen molar-refractivity contribution in [2.45, 2.75) is 20.8 Å². The van der Waals surface area contributed by atoms with Gasteiger partial charge in [-0.1, -0.05) is 19.9 Å². The van der Waals surface area contributed by atoms with Crippen LogP contribution in [0.25, 0.3) is 0 Å². The van der Waals surface area contributed by atoms with Crippen molar-refractivity contribution >= 4 is 11.8 Å². The molecule has 0 aromatic carbocycles. The van der Waals surface area contributed by atoms with Crippen molar-refractivity contribution in [2.24, 2.45) is 17.3 Å². The van der Waals surface area contributed by atoms with E-state index in [0.29, 0.717) is 0 Å². The first-order valence-corrected chi connectivity index (χ1v) is 4.29. The molecule has 0 amide bonds. The maximum Gasteiger partial charge on any atom is 0.307 e. The van der Waals surface area contributed by atoms with E-state index in [2.05, 4.69) is 0 Å². The van der Waals surface area contributed by atoms with Crippen LogP contribution in [0.15, 0.2) is 12.2 Å². The Morgan fingerprint density at radius 1 is 1.38 bits per heavy atom. The molecule has 1 aliphatic rings. The molecule has 0 spiro atoms. The Hall–Kier alpha value is -1.12. The van der Waals surface area contributed by atoms with Gasteiger partial charge in [0.05, 0.1) is 5.92 Å². The van der Waals surface area contributed by atoms with Crippen LogP contribution in [0, 0.1) is 17.3 Å². The molecule has 0 radical (unpaired) electrons. The van der Waals surface area contributed by atoms with Crippen LogP contribution in [0.5, 0.6) is 0 Å². The molecule has 3 nitrogen and oxygen atoms in total. The molecule has 0 aromatic rings. The summed E-state index contributed by atoms with van der Waals surface area (Å²) in [6.45, 7) is 5.27. The molecular weight excluding hydrogens is 168 g/mol. The van der Waals surface area contributed by atoms with Crippen molar-refractivity contribution in [1.29, 1.82) is 0 Å². The van der Waals surface area contributed by atoms with Gasteiger partial charge in [0.1, 0.15) is 0 Å². The molecule has 0 bridgehead atoms. The summed E-state index contributed by atoms with van der Waals surface area (Å²) in [6.07, 6.45) is 3.16. The molecule has 3 heteroatoms. The number of hydrogen-bond acceptors (Lipinski definition) is 2. The largest absolute Gasteiger partial charge is 0.481 e. The van der Waals surface area contributed by atoms with Crippen molar-refractivity contribution in [3.8, 4) is 0 Å². The lowest BCUT2D eigenvalue weighted by Crippen LogP contribution is -2.03. The average Bonchev–Trinajstić information content (AvgIpc) is 2.48. The van der Waals surface area contributed by atoms with Crippen molar-refractivity contribution in [2.75, 3.05) is 0 Å². The third-order valence-corrected chi connectivity index (χ3v) is 2.72. The lowest BCUT2D eigenvalue weighted by atomic mass is 10.1. The molecule has 72 valence electrons. The van der Waals surface area contributed by atoms with E-state index in [9.17, 15) is 9.59 Å². The van der Waals surface area contributed by atoms with Crippen molar-refractivity contribution in [1.82, 2.24) is 0 Å². The Labute approximate surface area is 77.4 Å². The molecule has 1 rings (SSSR count). The maximum atomic E-state index is 10.7. The minimum Gasteiger partial charge on any atom is -0.481 e. The van der Waals surface area contributed by atoms with Crippen LogP contribution in [-0.2, 0) is 9.59 Å². The molecule has 1 aliphatic carbocycles. The highest BCUT2D eigenvalue weighted by atomic mass is 16.4. The van der Waals surface area contributed by atoms with E-state index in [0.717, 1.165) is 0 Å². The van der Waals surface area contributed by atoms with E-state index in [4.69, 9.17) is 5.11 Å². The molecule has 1 fully saturated rings. The van der Waals surface area contributed by atoms with Crippen LogP contribution < -0.4 is 0 Å². The van der Waals surface area contributed by atoms with Gasteiger partial charge >= 0.3 is 5.97 Å². The zero-order valence-corrected chi connectivity index (χ0v) is 8.07.